The van der Waals surface area contributed by atoms with Crippen molar-refractivity contribution >= 4 is 12.0 Å². The lowest BCUT2D eigenvalue weighted by molar-refractivity contribution is -0.139. The number of nitrogens with zero attached hydrogens (tertiary/aromatic N) is 3. The Morgan fingerprint density at radius 2 is 1.80 bits per heavy atom. The fourth-order valence-electron chi connectivity index (χ4n) is 4.01. The van der Waals surface area contributed by atoms with Gasteiger partial charge in [-0.25, -0.2) is 9.59 Å². The molecule has 30 heavy (non-hydrogen) atoms. The Morgan fingerprint density at radius 3 is 2.43 bits per heavy atom. The first kappa shape index (κ1) is 22.1. The topological polar surface area (TPSA) is 74.4 Å². The third-order valence-corrected chi connectivity index (χ3v) is 5.81. The summed E-state index contributed by atoms with van der Waals surface area (Å²) in [6.07, 6.45) is 0. The van der Waals surface area contributed by atoms with Crippen LogP contribution in [0.25, 0.3) is 0 Å². The second-order valence-corrected chi connectivity index (χ2v) is 7.47. The van der Waals surface area contributed by atoms with Crippen molar-refractivity contribution in [2.75, 3.05) is 60.0 Å². The summed E-state index contributed by atoms with van der Waals surface area (Å²) >= 11 is 0. The fraction of sp³-hybridized carbons (Fsp3) is 0.545. The lowest BCUT2D eigenvalue weighted by Gasteiger charge is -2.39. The normalized spacial score (nSPS) is 20.9. The van der Waals surface area contributed by atoms with Gasteiger partial charge in [-0.05, 0) is 19.5 Å². The Bertz CT molecular complexity index is 802. The van der Waals surface area contributed by atoms with Crippen LogP contribution in [-0.4, -0.2) is 86.7 Å². The van der Waals surface area contributed by atoms with Gasteiger partial charge in [0.1, 0.15) is 5.75 Å². The standard InChI is InChI=1S/C22H32N4O4/c1-5-25-11-13-26(14-12-25)15-17-19(21(27)30-6-2)20(23-22(28)24(17)3)16-9-7-8-10-18(16)29-4/h7-10,20H,5-6,11-15H2,1-4H3,(H,23,28)/t20-/m1/s1. The van der Waals surface area contributed by atoms with E-state index < -0.39 is 12.0 Å². The first-order chi connectivity index (χ1) is 14.5. The molecule has 164 valence electrons. The van der Waals surface area contributed by atoms with Crippen molar-refractivity contribution in [3.63, 3.8) is 0 Å². The minimum Gasteiger partial charge on any atom is -0.496 e. The van der Waals surface area contributed by atoms with Gasteiger partial charge in [-0.3, -0.25) is 9.80 Å². The number of piperazine rings is 1. The van der Waals surface area contributed by atoms with E-state index >= 15 is 0 Å². The maximum atomic E-state index is 13.1. The minimum atomic E-state index is -0.629. The van der Waals surface area contributed by atoms with E-state index in [1.807, 2.05) is 24.3 Å². The van der Waals surface area contributed by atoms with Crippen molar-refractivity contribution in [1.82, 2.24) is 20.0 Å². The van der Waals surface area contributed by atoms with Gasteiger partial charge in [-0.1, -0.05) is 25.1 Å². The molecular formula is C22H32N4O4. The van der Waals surface area contributed by atoms with Crippen molar-refractivity contribution in [3.05, 3.63) is 41.1 Å². The van der Waals surface area contributed by atoms with E-state index in [2.05, 4.69) is 22.0 Å². The summed E-state index contributed by atoms with van der Waals surface area (Å²) in [6.45, 7) is 9.49. The average Bonchev–Trinajstić information content (AvgIpc) is 2.77. The SMILES string of the molecule is CCOC(=O)C1=C(CN2CCN(CC)CC2)N(C)C(=O)N[C@@H]1c1ccccc1OC. The molecule has 1 aromatic rings. The van der Waals surface area contributed by atoms with Crippen LogP contribution in [0.1, 0.15) is 25.5 Å². The number of nitrogens with one attached hydrogen (secondary N) is 1. The van der Waals surface area contributed by atoms with E-state index in [4.69, 9.17) is 9.47 Å². The van der Waals surface area contributed by atoms with Crippen LogP contribution in [-0.2, 0) is 9.53 Å². The zero-order valence-corrected chi connectivity index (χ0v) is 18.3. The molecular weight excluding hydrogens is 384 g/mol. The molecule has 1 N–H and O–H groups in total. The summed E-state index contributed by atoms with van der Waals surface area (Å²) in [5.74, 6) is 0.201. The van der Waals surface area contributed by atoms with Crippen molar-refractivity contribution in [1.29, 1.82) is 0 Å². The molecule has 8 heteroatoms. The first-order valence-corrected chi connectivity index (χ1v) is 10.5. The Labute approximate surface area is 178 Å². The van der Waals surface area contributed by atoms with E-state index in [1.165, 1.54) is 4.90 Å². The molecule has 0 aliphatic carbocycles. The van der Waals surface area contributed by atoms with Crippen LogP contribution in [0.15, 0.2) is 35.5 Å². The number of esters is 1. The Hall–Kier alpha value is -2.58. The third-order valence-electron chi connectivity index (χ3n) is 5.81. The molecule has 0 radical (unpaired) electrons. The summed E-state index contributed by atoms with van der Waals surface area (Å²) in [5, 5.41) is 2.95. The van der Waals surface area contributed by atoms with Gasteiger partial charge in [0, 0.05) is 51.0 Å². The van der Waals surface area contributed by atoms with Gasteiger partial charge < -0.3 is 19.7 Å². The summed E-state index contributed by atoms with van der Waals surface area (Å²) in [6, 6.07) is 6.55. The molecule has 1 atom stereocenters. The van der Waals surface area contributed by atoms with Crippen molar-refractivity contribution in [3.8, 4) is 5.75 Å². The number of carbonyl (C=O) groups excluding carboxylic acids is 2. The molecule has 0 spiro atoms. The van der Waals surface area contributed by atoms with Crippen LogP contribution in [0.2, 0.25) is 0 Å². The Morgan fingerprint density at radius 1 is 1.13 bits per heavy atom. The summed E-state index contributed by atoms with van der Waals surface area (Å²) in [7, 11) is 3.28. The summed E-state index contributed by atoms with van der Waals surface area (Å²) in [5.41, 5.74) is 1.87. The molecule has 1 fully saturated rings. The molecule has 1 saturated heterocycles. The first-order valence-electron chi connectivity index (χ1n) is 10.5. The number of amides is 2. The van der Waals surface area contributed by atoms with E-state index in [1.54, 1.807) is 21.1 Å². The average molecular weight is 417 g/mol. The molecule has 3 rings (SSSR count). The van der Waals surface area contributed by atoms with E-state index in [-0.39, 0.29) is 12.6 Å². The van der Waals surface area contributed by atoms with Crippen LogP contribution in [0.3, 0.4) is 0 Å². The molecule has 0 bridgehead atoms. The largest absolute Gasteiger partial charge is 0.496 e. The van der Waals surface area contributed by atoms with Crippen LogP contribution >= 0.6 is 0 Å². The molecule has 1 aromatic carbocycles. The number of hydrogen-bond donors (Lipinski definition) is 1. The van der Waals surface area contributed by atoms with Gasteiger partial charge in [-0.15, -0.1) is 0 Å². The highest BCUT2D eigenvalue weighted by atomic mass is 16.5. The maximum absolute atomic E-state index is 13.1. The third kappa shape index (κ3) is 4.60. The molecule has 2 aliphatic rings. The molecule has 2 aliphatic heterocycles. The highest BCUT2D eigenvalue weighted by Crippen LogP contribution is 2.35. The van der Waals surface area contributed by atoms with Gasteiger partial charge in [0.2, 0.25) is 0 Å². The van der Waals surface area contributed by atoms with Gasteiger partial charge >= 0.3 is 12.0 Å². The number of urea groups is 1. The number of likely N-dealkylation sites (N-methyl/N-ethyl adjacent to an activating group) is 2. The van der Waals surface area contributed by atoms with Crippen molar-refractivity contribution < 1.29 is 19.1 Å². The predicted molar refractivity (Wildman–Crippen MR) is 114 cm³/mol. The van der Waals surface area contributed by atoms with E-state index in [9.17, 15) is 9.59 Å². The minimum absolute atomic E-state index is 0.249. The van der Waals surface area contributed by atoms with Crippen LogP contribution < -0.4 is 10.1 Å². The van der Waals surface area contributed by atoms with E-state index in [0.29, 0.717) is 23.6 Å². The number of rotatable bonds is 7. The number of methoxy groups -OCH3 is 1. The second-order valence-electron chi connectivity index (χ2n) is 7.47. The highest BCUT2D eigenvalue weighted by Gasteiger charge is 2.38. The van der Waals surface area contributed by atoms with Gasteiger partial charge in [0.15, 0.2) is 0 Å². The lowest BCUT2D eigenvalue weighted by atomic mass is 9.93. The number of para-hydroxylation sites is 1. The van der Waals surface area contributed by atoms with Gasteiger partial charge in [0.25, 0.3) is 0 Å². The molecule has 0 saturated carbocycles. The number of ether oxygens (including phenoxy) is 2. The monoisotopic (exact) mass is 416 g/mol. The summed E-state index contributed by atoms with van der Waals surface area (Å²) < 4.78 is 10.9. The van der Waals surface area contributed by atoms with Crippen LogP contribution in [0.5, 0.6) is 5.75 Å². The van der Waals surface area contributed by atoms with Crippen LogP contribution in [0, 0.1) is 0 Å². The van der Waals surface area contributed by atoms with Gasteiger partial charge in [-0.2, -0.15) is 0 Å². The molecule has 2 heterocycles. The molecule has 0 aromatic heterocycles. The molecule has 0 unspecified atom stereocenters. The highest BCUT2D eigenvalue weighted by molar-refractivity contribution is 5.95. The zero-order chi connectivity index (χ0) is 21.7. The summed E-state index contributed by atoms with van der Waals surface area (Å²) in [4.78, 5) is 32.1. The number of hydrogen-bond acceptors (Lipinski definition) is 6. The zero-order valence-electron chi connectivity index (χ0n) is 18.3. The van der Waals surface area contributed by atoms with Crippen molar-refractivity contribution in [2.24, 2.45) is 0 Å². The second kappa shape index (κ2) is 9.95. The fourth-order valence-corrected chi connectivity index (χ4v) is 4.01. The molecule has 2 amide bonds. The quantitative estimate of drug-likeness (QED) is 0.684. The Kier molecular flexibility index (Phi) is 7.33. The number of carbonyl (C=O) groups is 2. The van der Waals surface area contributed by atoms with Gasteiger partial charge in [0.05, 0.1) is 25.3 Å². The number of benzene rings is 1. The predicted octanol–water partition coefficient (Wildman–Crippen LogP) is 1.85. The van der Waals surface area contributed by atoms with Crippen molar-refractivity contribution in [2.45, 2.75) is 19.9 Å². The smallest absolute Gasteiger partial charge is 0.338 e. The maximum Gasteiger partial charge on any atom is 0.338 e. The lowest BCUT2D eigenvalue weighted by Crippen LogP contribution is -2.52. The van der Waals surface area contributed by atoms with E-state index in [0.717, 1.165) is 38.3 Å². The molecule has 8 nitrogen and oxygen atoms in total. The van der Waals surface area contributed by atoms with Crippen LogP contribution in [0.4, 0.5) is 4.79 Å². The Balaban J connectivity index is 2.01.